The van der Waals surface area contributed by atoms with E-state index in [9.17, 15) is 0 Å². The van der Waals surface area contributed by atoms with Gasteiger partial charge in [-0.1, -0.05) is 11.6 Å². The Kier molecular flexibility index (Phi) is 4.46. The Hall–Kier alpha value is -1.24. The average molecular weight is 264 g/mol. The maximum atomic E-state index is 9.15. The quantitative estimate of drug-likeness (QED) is 0.911. The highest BCUT2D eigenvalue weighted by molar-refractivity contribution is 6.30. The first kappa shape index (κ1) is 13.2. The van der Waals surface area contributed by atoms with Crippen LogP contribution in [-0.4, -0.2) is 26.7 Å². The van der Waals surface area contributed by atoms with Crippen LogP contribution in [0.15, 0.2) is 18.2 Å². The molecule has 0 bridgehead atoms. The van der Waals surface area contributed by atoms with Gasteiger partial charge in [-0.05, 0) is 50.0 Å². The fraction of sp³-hybridized carbons (Fsp3) is 0.500. The van der Waals surface area contributed by atoms with Crippen molar-refractivity contribution in [2.45, 2.75) is 12.8 Å². The van der Waals surface area contributed by atoms with Crippen LogP contribution in [0.4, 0.5) is 5.69 Å². The number of rotatable bonds is 3. The van der Waals surface area contributed by atoms with Crippen LogP contribution in [0, 0.1) is 17.2 Å². The molecule has 3 nitrogen and oxygen atoms in total. The van der Waals surface area contributed by atoms with Crippen molar-refractivity contribution in [3.05, 3.63) is 28.8 Å². The van der Waals surface area contributed by atoms with Crippen LogP contribution in [-0.2, 0) is 0 Å². The Bertz CT molecular complexity index is 447. The van der Waals surface area contributed by atoms with E-state index in [1.165, 1.54) is 12.8 Å². The molecule has 1 aliphatic rings. The van der Waals surface area contributed by atoms with Gasteiger partial charge in [0, 0.05) is 18.6 Å². The topological polar surface area (TPSA) is 39.1 Å². The molecule has 2 rings (SSSR count). The zero-order valence-corrected chi connectivity index (χ0v) is 11.4. The van der Waals surface area contributed by atoms with Crippen LogP contribution in [0.5, 0.6) is 0 Å². The molecule has 1 aromatic rings. The van der Waals surface area contributed by atoms with Gasteiger partial charge < -0.3 is 10.2 Å². The molecule has 1 aliphatic heterocycles. The largest absolute Gasteiger partial charge is 0.373 e. The number of benzene rings is 1. The first-order valence-electron chi connectivity index (χ1n) is 6.32. The van der Waals surface area contributed by atoms with Crippen molar-refractivity contribution in [2.24, 2.45) is 5.92 Å². The predicted octanol–water partition coefficient (Wildman–Crippen LogP) is 2.65. The van der Waals surface area contributed by atoms with Gasteiger partial charge in [0.15, 0.2) is 0 Å². The summed E-state index contributed by atoms with van der Waals surface area (Å²) in [7, 11) is 2.05. The normalized spacial score (nSPS) is 16.3. The van der Waals surface area contributed by atoms with Gasteiger partial charge in [0.2, 0.25) is 0 Å². The highest BCUT2D eigenvalue weighted by atomic mass is 35.5. The number of hydrogen-bond acceptors (Lipinski definition) is 3. The number of nitrogens with one attached hydrogen (secondary N) is 1. The molecule has 1 heterocycles. The molecule has 1 N–H and O–H groups in total. The molecule has 4 heteroatoms. The smallest absolute Gasteiger partial charge is 0.101 e. The maximum absolute atomic E-state index is 9.15. The van der Waals surface area contributed by atoms with Crippen LogP contribution in [0.2, 0.25) is 5.02 Å². The van der Waals surface area contributed by atoms with Crippen molar-refractivity contribution in [1.82, 2.24) is 5.32 Å². The second-order valence-electron chi connectivity index (χ2n) is 4.85. The minimum Gasteiger partial charge on any atom is -0.373 e. The Morgan fingerprint density at radius 2 is 2.17 bits per heavy atom. The van der Waals surface area contributed by atoms with E-state index in [2.05, 4.69) is 16.3 Å². The lowest BCUT2D eigenvalue weighted by Crippen LogP contribution is -2.34. The number of nitrogens with zero attached hydrogens (tertiary/aromatic N) is 2. The van der Waals surface area contributed by atoms with Crippen molar-refractivity contribution in [1.29, 1.82) is 5.26 Å². The molecule has 0 aromatic heterocycles. The minimum atomic E-state index is 0.616. The monoisotopic (exact) mass is 263 g/mol. The van der Waals surface area contributed by atoms with E-state index in [1.807, 2.05) is 19.2 Å². The number of nitriles is 1. The Labute approximate surface area is 113 Å². The SMILES string of the molecule is CN(CC1CCNCC1)c1ccc(Cl)cc1C#N. The van der Waals surface area contributed by atoms with Crippen LogP contribution in [0.3, 0.4) is 0 Å². The molecule has 1 fully saturated rings. The summed E-state index contributed by atoms with van der Waals surface area (Å²) in [6.07, 6.45) is 2.42. The summed E-state index contributed by atoms with van der Waals surface area (Å²) in [5, 5.41) is 13.1. The van der Waals surface area contributed by atoms with Gasteiger partial charge in [0.25, 0.3) is 0 Å². The van der Waals surface area contributed by atoms with Crippen LogP contribution in [0.1, 0.15) is 18.4 Å². The highest BCUT2D eigenvalue weighted by Crippen LogP contribution is 2.24. The third-order valence-electron chi connectivity index (χ3n) is 3.48. The Morgan fingerprint density at radius 1 is 1.44 bits per heavy atom. The van der Waals surface area contributed by atoms with Crippen LogP contribution >= 0.6 is 11.6 Å². The first-order valence-corrected chi connectivity index (χ1v) is 6.70. The summed E-state index contributed by atoms with van der Waals surface area (Å²) in [4.78, 5) is 2.17. The standard InChI is InChI=1S/C14H18ClN3/c1-18(10-11-4-6-17-7-5-11)14-3-2-13(15)8-12(14)9-16/h2-3,8,11,17H,4-7,10H2,1H3. The van der Waals surface area contributed by atoms with E-state index in [-0.39, 0.29) is 0 Å². The molecule has 18 heavy (non-hydrogen) atoms. The summed E-state index contributed by atoms with van der Waals surface area (Å²) < 4.78 is 0. The van der Waals surface area contributed by atoms with E-state index in [0.717, 1.165) is 25.3 Å². The van der Waals surface area contributed by atoms with E-state index >= 15 is 0 Å². The number of halogens is 1. The minimum absolute atomic E-state index is 0.616. The van der Waals surface area contributed by atoms with Gasteiger partial charge in [-0.3, -0.25) is 0 Å². The average Bonchev–Trinajstić information content (AvgIpc) is 2.39. The zero-order chi connectivity index (χ0) is 13.0. The summed E-state index contributed by atoms with van der Waals surface area (Å²) in [6, 6.07) is 7.72. The summed E-state index contributed by atoms with van der Waals surface area (Å²) in [5.74, 6) is 0.707. The zero-order valence-electron chi connectivity index (χ0n) is 10.6. The lowest BCUT2D eigenvalue weighted by atomic mass is 9.97. The van der Waals surface area contributed by atoms with Crippen molar-refractivity contribution in [2.75, 3.05) is 31.6 Å². The van der Waals surface area contributed by atoms with E-state index < -0.39 is 0 Å². The van der Waals surface area contributed by atoms with Gasteiger partial charge in [-0.15, -0.1) is 0 Å². The molecular formula is C14H18ClN3. The molecular weight excluding hydrogens is 246 g/mol. The summed E-state index contributed by atoms with van der Waals surface area (Å²) in [5.41, 5.74) is 1.62. The number of hydrogen-bond donors (Lipinski definition) is 1. The first-order chi connectivity index (χ1) is 8.70. The third kappa shape index (κ3) is 3.16. The van der Waals surface area contributed by atoms with Gasteiger partial charge in [0.05, 0.1) is 11.3 Å². The second-order valence-corrected chi connectivity index (χ2v) is 5.28. The predicted molar refractivity (Wildman–Crippen MR) is 75.0 cm³/mol. The molecule has 0 amide bonds. The van der Waals surface area contributed by atoms with E-state index in [4.69, 9.17) is 16.9 Å². The molecule has 0 spiro atoms. The number of anilines is 1. The lowest BCUT2D eigenvalue weighted by molar-refractivity contribution is 0.378. The molecule has 96 valence electrons. The second kappa shape index (κ2) is 6.08. The van der Waals surface area contributed by atoms with Gasteiger partial charge in [-0.25, -0.2) is 0 Å². The summed E-state index contributed by atoms with van der Waals surface area (Å²) >= 11 is 5.91. The maximum Gasteiger partial charge on any atom is 0.101 e. The molecule has 1 aromatic carbocycles. The highest BCUT2D eigenvalue weighted by Gasteiger charge is 2.16. The van der Waals surface area contributed by atoms with Crippen molar-refractivity contribution < 1.29 is 0 Å². The summed E-state index contributed by atoms with van der Waals surface area (Å²) in [6.45, 7) is 3.20. The molecule has 0 atom stereocenters. The molecule has 0 radical (unpaired) electrons. The van der Waals surface area contributed by atoms with Crippen LogP contribution in [0.25, 0.3) is 0 Å². The van der Waals surface area contributed by atoms with E-state index in [0.29, 0.717) is 16.5 Å². The fourth-order valence-corrected chi connectivity index (χ4v) is 2.65. The molecule has 0 saturated carbocycles. The Balaban J connectivity index is 2.08. The molecule has 0 aliphatic carbocycles. The Morgan fingerprint density at radius 3 is 2.83 bits per heavy atom. The van der Waals surface area contributed by atoms with Crippen LogP contribution < -0.4 is 10.2 Å². The van der Waals surface area contributed by atoms with Crippen molar-refractivity contribution >= 4 is 17.3 Å². The third-order valence-corrected chi connectivity index (χ3v) is 3.72. The van der Waals surface area contributed by atoms with Crippen molar-refractivity contribution in [3.8, 4) is 6.07 Å². The number of piperidine rings is 1. The van der Waals surface area contributed by atoms with E-state index in [1.54, 1.807) is 6.07 Å². The van der Waals surface area contributed by atoms with Gasteiger partial charge in [0.1, 0.15) is 6.07 Å². The van der Waals surface area contributed by atoms with Gasteiger partial charge in [-0.2, -0.15) is 5.26 Å². The molecule has 1 saturated heterocycles. The van der Waals surface area contributed by atoms with Crippen molar-refractivity contribution in [3.63, 3.8) is 0 Å². The fourth-order valence-electron chi connectivity index (χ4n) is 2.48. The van der Waals surface area contributed by atoms with Gasteiger partial charge >= 0.3 is 0 Å². The lowest BCUT2D eigenvalue weighted by Gasteiger charge is -2.29. The molecule has 0 unspecified atom stereocenters.